The van der Waals surface area contributed by atoms with E-state index >= 15 is 0 Å². The van der Waals surface area contributed by atoms with E-state index < -0.39 is 0 Å². The second-order valence-electron chi connectivity index (χ2n) is 5.52. The van der Waals surface area contributed by atoms with E-state index in [1.165, 1.54) is 29.8 Å². The number of hydrogen-bond donors (Lipinski definition) is 2. The first-order chi connectivity index (χ1) is 9.31. The summed E-state index contributed by atoms with van der Waals surface area (Å²) in [7, 11) is 0. The number of aromatic nitrogens is 1. The Bertz CT molecular complexity index is 430. The summed E-state index contributed by atoms with van der Waals surface area (Å²) in [5, 5.41) is 7.12. The Kier molecular flexibility index (Phi) is 4.13. The minimum atomic E-state index is 0.131. The van der Waals surface area contributed by atoms with Crippen LogP contribution in [0, 0.1) is 5.92 Å². The number of aryl methyl sites for hydroxylation is 2. The van der Waals surface area contributed by atoms with Crippen molar-refractivity contribution in [2.24, 2.45) is 5.92 Å². The summed E-state index contributed by atoms with van der Waals surface area (Å²) in [6, 6.07) is 0. The summed E-state index contributed by atoms with van der Waals surface area (Å²) < 4.78 is 0. The van der Waals surface area contributed by atoms with Gasteiger partial charge in [-0.2, -0.15) is 0 Å². The summed E-state index contributed by atoms with van der Waals surface area (Å²) >= 11 is 1.66. The molecule has 19 heavy (non-hydrogen) atoms. The monoisotopic (exact) mass is 279 g/mol. The fourth-order valence-corrected chi connectivity index (χ4v) is 4.00. The van der Waals surface area contributed by atoms with Gasteiger partial charge in [-0.25, -0.2) is 4.98 Å². The summed E-state index contributed by atoms with van der Waals surface area (Å²) in [5.74, 6) is 0.847. The summed E-state index contributed by atoms with van der Waals surface area (Å²) in [6.45, 7) is 2.21. The van der Waals surface area contributed by atoms with Crippen molar-refractivity contribution < 1.29 is 4.79 Å². The molecule has 0 radical (unpaired) electrons. The number of piperidine rings is 1. The molecule has 0 spiro atoms. The third-order valence-corrected chi connectivity index (χ3v) is 5.15. The number of hydrogen-bond acceptors (Lipinski definition) is 4. The molecule has 2 N–H and O–H groups in total. The second-order valence-corrected chi connectivity index (χ2v) is 6.61. The van der Waals surface area contributed by atoms with Crippen molar-refractivity contribution >= 4 is 22.4 Å². The van der Waals surface area contributed by atoms with Crippen LogP contribution in [0.15, 0.2) is 0 Å². The van der Waals surface area contributed by atoms with E-state index in [9.17, 15) is 4.79 Å². The Hall–Kier alpha value is -0.940. The smallest absolute Gasteiger partial charge is 0.226 e. The Morgan fingerprint density at radius 3 is 3.00 bits per heavy atom. The number of thiazole rings is 1. The standard InChI is InChI=1S/C14H21N3OS/c18-13(5-4-10-6-8-15-9-7-10)17-14-16-11-2-1-3-12(11)19-14/h10,15H,1-9H2,(H,16,17,18). The van der Waals surface area contributed by atoms with Crippen LogP contribution in [0.3, 0.4) is 0 Å². The van der Waals surface area contributed by atoms with Crippen LogP contribution in [-0.4, -0.2) is 24.0 Å². The van der Waals surface area contributed by atoms with Gasteiger partial charge < -0.3 is 10.6 Å². The Morgan fingerprint density at radius 2 is 2.21 bits per heavy atom. The molecular weight excluding hydrogens is 258 g/mol. The number of carbonyl (C=O) groups is 1. The number of amides is 1. The van der Waals surface area contributed by atoms with Gasteiger partial charge >= 0.3 is 0 Å². The Balaban J connectivity index is 1.45. The number of fused-ring (bicyclic) bond motifs is 1. The number of rotatable bonds is 4. The first-order valence-corrected chi connectivity index (χ1v) is 8.12. The molecule has 1 fully saturated rings. The van der Waals surface area contributed by atoms with Crippen molar-refractivity contribution in [3.8, 4) is 0 Å². The van der Waals surface area contributed by atoms with Gasteiger partial charge in [-0.15, -0.1) is 11.3 Å². The molecule has 0 saturated carbocycles. The first-order valence-electron chi connectivity index (χ1n) is 7.30. The lowest BCUT2D eigenvalue weighted by atomic mass is 9.93. The Labute approximate surface area is 118 Å². The molecule has 1 aliphatic carbocycles. The lowest BCUT2D eigenvalue weighted by Crippen LogP contribution is -2.28. The predicted molar refractivity (Wildman–Crippen MR) is 77.6 cm³/mol. The van der Waals surface area contributed by atoms with E-state index in [2.05, 4.69) is 15.6 Å². The number of nitrogens with zero attached hydrogens (tertiary/aromatic N) is 1. The van der Waals surface area contributed by atoms with Crippen molar-refractivity contribution in [1.29, 1.82) is 0 Å². The molecule has 104 valence electrons. The van der Waals surface area contributed by atoms with E-state index in [1.54, 1.807) is 11.3 Å². The first kappa shape index (κ1) is 13.1. The average Bonchev–Trinajstić information content (AvgIpc) is 2.98. The number of carbonyl (C=O) groups excluding carboxylic acids is 1. The van der Waals surface area contributed by atoms with Crippen LogP contribution in [0.25, 0.3) is 0 Å². The molecule has 3 rings (SSSR count). The van der Waals surface area contributed by atoms with Gasteiger partial charge in [0.1, 0.15) is 0 Å². The molecule has 0 bridgehead atoms. The van der Waals surface area contributed by atoms with Gasteiger partial charge in [0.15, 0.2) is 5.13 Å². The third kappa shape index (κ3) is 3.34. The molecule has 0 atom stereocenters. The molecule has 1 aromatic rings. The fourth-order valence-electron chi connectivity index (χ4n) is 2.93. The molecule has 1 aromatic heterocycles. The zero-order valence-corrected chi connectivity index (χ0v) is 12.0. The highest BCUT2D eigenvalue weighted by molar-refractivity contribution is 7.15. The lowest BCUT2D eigenvalue weighted by Gasteiger charge is -2.21. The maximum absolute atomic E-state index is 11.9. The van der Waals surface area contributed by atoms with Crippen molar-refractivity contribution in [1.82, 2.24) is 10.3 Å². The van der Waals surface area contributed by atoms with E-state index in [1.807, 2.05) is 0 Å². The van der Waals surface area contributed by atoms with Crippen molar-refractivity contribution in [2.45, 2.75) is 44.9 Å². The van der Waals surface area contributed by atoms with Crippen LogP contribution in [0.4, 0.5) is 5.13 Å². The van der Waals surface area contributed by atoms with Crippen LogP contribution >= 0.6 is 11.3 Å². The van der Waals surface area contributed by atoms with Gasteiger partial charge in [-0.3, -0.25) is 4.79 Å². The minimum Gasteiger partial charge on any atom is -0.317 e. The van der Waals surface area contributed by atoms with Crippen molar-refractivity contribution in [3.63, 3.8) is 0 Å². The molecule has 5 heteroatoms. The van der Waals surface area contributed by atoms with Crippen LogP contribution in [0.2, 0.25) is 0 Å². The molecule has 2 aliphatic rings. The van der Waals surface area contributed by atoms with Gasteiger partial charge in [-0.05, 0) is 57.5 Å². The fraction of sp³-hybridized carbons (Fsp3) is 0.714. The molecule has 4 nitrogen and oxygen atoms in total. The van der Waals surface area contributed by atoms with Crippen LogP contribution < -0.4 is 10.6 Å². The van der Waals surface area contributed by atoms with Crippen LogP contribution in [0.1, 0.15) is 42.7 Å². The van der Waals surface area contributed by atoms with Gasteiger partial charge in [-0.1, -0.05) is 0 Å². The van der Waals surface area contributed by atoms with Crippen molar-refractivity contribution in [3.05, 3.63) is 10.6 Å². The van der Waals surface area contributed by atoms with Crippen LogP contribution in [0.5, 0.6) is 0 Å². The highest BCUT2D eigenvalue weighted by Crippen LogP contribution is 2.30. The van der Waals surface area contributed by atoms with Gasteiger partial charge in [0.25, 0.3) is 0 Å². The van der Waals surface area contributed by atoms with E-state index in [0.29, 0.717) is 12.3 Å². The van der Waals surface area contributed by atoms with Gasteiger partial charge in [0.2, 0.25) is 5.91 Å². The molecular formula is C14H21N3OS. The Morgan fingerprint density at radius 1 is 1.37 bits per heavy atom. The molecule has 0 aromatic carbocycles. The molecule has 1 amide bonds. The minimum absolute atomic E-state index is 0.131. The summed E-state index contributed by atoms with van der Waals surface area (Å²) in [4.78, 5) is 17.8. The second kappa shape index (κ2) is 6.01. The highest BCUT2D eigenvalue weighted by atomic mass is 32.1. The normalized spacial score (nSPS) is 19.4. The topological polar surface area (TPSA) is 54.0 Å². The summed E-state index contributed by atoms with van der Waals surface area (Å²) in [5.41, 5.74) is 1.21. The zero-order valence-electron chi connectivity index (χ0n) is 11.2. The maximum Gasteiger partial charge on any atom is 0.226 e. The molecule has 0 unspecified atom stereocenters. The molecule has 2 heterocycles. The average molecular weight is 279 g/mol. The van der Waals surface area contributed by atoms with Crippen molar-refractivity contribution in [2.75, 3.05) is 18.4 Å². The van der Waals surface area contributed by atoms with E-state index in [4.69, 9.17) is 0 Å². The highest BCUT2D eigenvalue weighted by Gasteiger charge is 2.18. The number of anilines is 1. The van der Waals surface area contributed by atoms with E-state index in [0.717, 1.165) is 37.5 Å². The third-order valence-electron chi connectivity index (χ3n) is 4.08. The lowest BCUT2D eigenvalue weighted by molar-refractivity contribution is -0.116. The van der Waals surface area contributed by atoms with Crippen LogP contribution in [-0.2, 0) is 17.6 Å². The van der Waals surface area contributed by atoms with E-state index in [-0.39, 0.29) is 5.91 Å². The van der Waals surface area contributed by atoms with Gasteiger partial charge in [0, 0.05) is 11.3 Å². The quantitative estimate of drug-likeness (QED) is 0.889. The largest absolute Gasteiger partial charge is 0.317 e. The maximum atomic E-state index is 11.9. The molecule has 1 aliphatic heterocycles. The SMILES string of the molecule is O=C(CCC1CCNCC1)Nc1nc2c(s1)CCC2. The molecule has 1 saturated heterocycles. The number of nitrogens with one attached hydrogen (secondary N) is 2. The predicted octanol–water partition coefficient (Wildman–Crippen LogP) is 2.35. The summed E-state index contributed by atoms with van der Waals surface area (Å²) in [6.07, 6.45) is 7.50. The van der Waals surface area contributed by atoms with Gasteiger partial charge in [0.05, 0.1) is 5.69 Å². The zero-order chi connectivity index (χ0) is 13.1.